The highest BCUT2D eigenvalue weighted by atomic mass is 32.1. The van der Waals surface area contributed by atoms with Gasteiger partial charge < -0.3 is 5.32 Å². The molecule has 1 fully saturated rings. The monoisotopic (exact) mass is 269 g/mol. The van der Waals surface area contributed by atoms with Gasteiger partial charge in [-0.05, 0) is 12.0 Å². The lowest BCUT2D eigenvalue weighted by Gasteiger charge is -2.21. The molecule has 1 aromatic rings. The van der Waals surface area contributed by atoms with Crippen molar-refractivity contribution in [2.75, 3.05) is 0 Å². The van der Waals surface area contributed by atoms with Crippen molar-refractivity contribution in [1.82, 2.24) is 10.6 Å². The number of nitro groups is 1. The topological polar surface area (TPSA) is 101 Å². The van der Waals surface area contributed by atoms with Gasteiger partial charge >= 0.3 is 5.00 Å². The van der Waals surface area contributed by atoms with Crippen LogP contribution >= 0.6 is 11.3 Å². The van der Waals surface area contributed by atoms with Crippen molar-refractivity contribution in [1.29, 1.82) is 0 Å². The van der Waals surface area contributed by atoms with Gasteiger partial charge in [0.15, 0.2) is 0 Å². The summed E-state index contributed by atoms with van der Waals surface area (Å²) in [6, 6.07) is 1.06. The van der Waals surface area contributed by atoms with E-state index in [0.717, 1.165) is 16.9 Å². The molecule has 1 aromatic heterocycles. The van der Waals surface area contributed by atoms with Crippen LogP contribution in [-0.2, 0) is 16.1 Å². The van der Waals surface area contributed by atoms with Crippen molar-refractivity contribution in [2.24, 2.45) is 0 Å². The highest BCUT2D eigenvalue weighted by Crippen LogP contribution is 2.22. The first-order valence-electron chi connectivity index (χ1n) is 5.35. The van der Waals surface area contributed by atoms with Gasteiger partial charge in [0, 0.05) is 24.4 Å². The highest BCUT2D eigenvalue weighted by molar-refractivity contribution is 7.13. The lowest BCUT2D eigenvalue weighted by molar-refractivity contribution is -0.380. The van der Waals surface area contributed by atoms with Crippen LogP contribution in [0.3, 0.4) is 0 Å². The lowest BCUT2D eigenvalue weighted by atomic mass is 10.1. The van der Waals surface area contributed by atoms with Crippen LogP contribution in [0.25, 0.3) is 0 Å². The smallest absolute Gasteiger partial charge is 0.302 e. The SMILES string of the molecule is O=C1CCC(NCc2csc([N+](=O)[O-])c2)C(=O)N1. The van der Waals surface area contributed by atoms with E-state index >= 15 is 0 Å². The maximum Gasteiger partial charge on any atom is 0.324 e. The van der Waals surface area contributed by atoms with Crippen molar-refractivity contribution in [3.63, 3.8) is 0 Å². The van der Waals surface area contributed by atoms with Gasteiger partial charge in [-0.2, -0.15) is 0 Å². The fourth-order valence-corrected chi connectivity index (χ4v) is 2.41. The zero-order chi connectivity index (χ0) is 13.1. The predicted octanol–water partition coefficient (Wildman–Crippen LogP) is 0.551. The number of nitrogens with zero attached hydrogens (tertiary/aromatic N) is 1. The molecular weight excluding hydrogens is 258 g/mol. The number of rotatable bonds is 4. The van der Waals surface area contributed by atoms with Gasteiger partial charge in [0.1, 0.15) is 0 Å². The Morgan fingerprint density at radius 2 is 2.33 bits per heavy atom. The van der Waals surface area contributed by atoms with Gasteiger partial charge in [-0.15, -0.1) is 0 Å². The molecule has 1 unspecified atom stereocenters. The van der Waals surface area contributed by atoms with Crippen molar-refractivity contribution in [2.45, 2.75) is 25.4 Å². The maximum atomic E-state index is 11.4. The second-order valence-corrected chi connectivity index (χ2v) is 4.82. The number of thiophene rings is 1. The average Bonchev–Trinajstić information content (AvgIpc) is 2.76. The summed E-state index contributed by atoms with van der Waals surface area (Å²) in [5.74, 6) is -0.597. The van der Waals surface area contributed by atoms with Gasteiger partial charge in [0.05, 0.1) is 11.0 Å². The van der Waals surface area contributed by atoms with E-state index in [9.17, 15) is 19.7 Å². The van der Waals surface area contributed by atoms with E-state index < -0.39 is 11.0 Å². The molecule has 0 radical (unpaired) electrons. The third-order valence-electron chi connectivity index (χ3n) is 2.61. The molecule has 0 spiro atoms. The number of hydrogen-bond acceptors (Lipinski definition) is 6. The summed E-state index contributed by atoms with van der Waals surface area (Å²) in [7, 11) is 0. The largest absolute Gasteiger partial charge is 0.324 e. The quantitative estimate of drug-likeness (QED) is 0.472. The van der Waals surface area contributed by atoms with Crippen LogP contribution in [0.15, 0.2) is 11.4 Å². The van der Waals surface area contributed by atoms with Crippen LogP contribution in [0, 0.1) is 10.1 Å². The summed E-state index contributed by atoms with van der Waals surface area (Å²) < 4.78 is 0. The summed E-state index contributed by atoms with van der Waals surface area (Å²) in [6.45, 7) is 0.372. The van der Waals surface area contributed by atoms with Crippen LogP contribution < -0.4 is 10.6 Å². The molecule has 2 heterocycles. The van der Waals surface area contributed by atoms with Crippen LogP contribution in [0.1, 0.15) is 18.4 Å². The third kappa shape index (κ3) is 2.90. The molecule has 7 nitrogen and oxygen atoms in total. The Bertz CT molecular complexity index is 499. The highest BCUT2D eigenvalue weighted by Gasteiger charge is 2.26. The number of amides is 2. The van der Waals surface area contributed by atoms with Crippen LogP contribution in [0.5, 0.6) is 0 Å². The number of carbonyl (C=O) groups excluding carboxylic acids is 2. The Hall–Kier alpha value is -1.80. The molecule has 0 aliphatic carbocycles. The van der Waals surface area contributed by atoms with Crippen LogP contribution in [-0.4, -0.2) is 22.8 Å². The molecule has 1 aliphatic heterocycles. The number of nitrogens with one attached hydrogen (secondary N) is 2. The minimum atomic E-state index is -0.444. The molecule has 0 bridgehead atoms. The standard InChI is InChI=1S/C10H11N3O4S/c14-8-2-1-7(10(15)12-8)11-4-6-3-9(13(16)17)18-5-6/h3,5,7,11H,1-2,4H2,(H,12,14,15). The number of carbonyl (C=O) groups is 2. The number of imide groups is 1. The van der Waals surface area contributed by atoms with E-state index in [0.29, 0.717) is 19.4 Å². The third-order valence-corrected chi connectivity index (χ3v) is 3.54. The fourth-order valence-electron chi connectivity index (χ4n) is 1.68. The van der Waals surface area contributed by atoms with Crippen molar-refractivity contribution < 1.29 is 14.5 Å². The van der Waals surface area contributed by atoms with E-state index in [2.05, 4.69) is 10.6 Å². The van der Waals surface area contributed by atoms with E-state index in [-0.39, 0.29) is 16.8 Å². The van der Waals surface area contributed by atoms with Crippen molar-refractivity contribution in [3.05, 3.63) is 27.1 Å². The summed E-state index contributed by atoms with van der Waals surface area (Å²) in [6.07, 6.45) is 0.768. The fraction of sp³-hybridized carbons (Fsp3) is 0.400. The Morgan fingerprint density at radius 3 is 2.94 bits per heavy atom. The molecule has 1 atom stereocenters. The molecule has 2 N–H and O–H groups in total. The Kier molecular flexibility index (Phi) is 3.68. The molecular formula is C10H11N3O4S. The first-order chi connectivity index (χ1) is 8.56. The molecule has 1 saturated heterocycles. The van der Waals surface area contributed by atoms with Crippen molar-refractivity contribution >= 4 is 28.2 Å². The summed E-state index contributed by atoms with van der Waals surface area (Å²) in [4.78, 5) is 32.4. The zero-order valence-corrected chi connectivity index (χ0v) is 10.2. The molecule has 1 aliphatic rings. The molecule has 96 valence electrons. The molecule has 0 aromatic carbocycles. The van der Waals surface area contributed by atoms with E-state index in [1.54, 1.807) is 5.38 Å². The first kappa shape index (κ1) is 12.7. The first-order valence-corrected chi connectivity index (χ1v) is 6.23. The normalized spacial score (nSPS) is 19.7. The summed E-state index contributed by atoms with van der Waals surface area (Å²) in [5.41, 5.74) is 0.761. The minimum absolute atomic E-state index is 0.0788. The van der Waals surface area contributed by atoms with E-state index in [1.807, 2.05) is 0 Å². The van der Waals surface area contributed by atoms with Gasteiger partial charge in [-0.3, -0.25) is 25.0 Å². The second kappa shape index (κ2) is 5.23. The van der Waals surface area contributed by atoms with Gasteiger partial charge in [-0.25, -0.2) is 0 Å². The molecule has 18 heavy (non-hydrogen) atoms. The minimum Gasteiger partial charge on any atom is -0.302 e. The van der Waals surface area contributed by atoms with Gasteiger partial charge in [0.2, 0.25) is 11.8 Å². The second-order valence-electron chi connectivity index (χ2n) is 3.93. The number of piperidine rings is 1. The van der Waals surface area contributed by atoms with Gasteiger partial charge in [-0.1, -0.05) is 11.3 Å². The molecule has 8 heteroatoms. The molecule has 2 amide bonds. The number of hydrogen-bond donors (Lipinski definition) is 2. The lowest BCUT2D eigenvalue weighted by Crippen LogP contribution is -2.50. The van der Waals surface area contributed by atoms with Crippen LogP contribution in [0.2, 0.25) is 0 Å². The average molecular weight is 269 g/mol. The zero-order valence-electron chi connectivity index (χ0n) is 9.34. The Morgan fingerprint density at radius 1 is 1.56 bits per heavy atom. The Labute approximate surface area is 106 Å². The molecule has 2 rings (SSSR count). The van der Waals surface area contributed by atoms with Gasteiger partial charge in [0.25, 0.3) is 0 Å². The van der Waals surface area contributed by atoms with Crippen molar-refractivity contribution in [3.8, 4) is 0 Å². The van der Waals surface area contributed by atoms with Crippen LogP contribution in [0.4, 0.5) is 5.00 Å². The molecule has 0 saturated carbocycles. The predicted molar refractivity (Wildman–Crippen MR) is 64.0 cm³/mol. The summed E-state index contributed by atoms with van der Waals surface area (Å²) in [5, 5.41) is 17.5. The van der Waals surface area contributed by atoms with E-state index in [1.165, 1.54) is 6.07 Å². The Balaban J connectivity index is 1.89. The van der Waals surface area contributed by atoms with E-state index in [4.69, 9.17) is 0 Å². The summed E-state index contributed by atoms with van der Waals surface area (Å²) >= 11 is 1.05. The maximum absolute atomic E-state index is 11.4.